The van der Waals surface area contributed by atoms with Crippen molar-refractivity contribution in [2.45, 2.75) is 19.1 Å². The number of aromatic carboxylic acids is 1. The summed E-state index contributed by atoms with van der Waals surface area (Å²) < 4.78 is 38.4. The molecule has 0 aliphatic rings. The highest BCUT2D eigenvalue weighted by molar-refractivity contribution is 6.31. The number of carbonyl (C=O) groups excluding carboxylic acids is 1. The summed E-state index contributed by atoms with van der Waals surface area (Å²) in [4.78, 5) is 30.8. The van der Waals surface area contributed by atoms with Crippen LogP contribution in [0.5, 0.6) is 0 Å². The summed E-state index contributed by atoms with van der Waals surface area (Å²) in [6.45, 7) is 1.43. The summed E-state index contributed by atoms with van der Waals surface area (Å²) in [6, 6.07) is 1.53. The first kappa shape index (κ1) is 18.7. The number of nitrogens with one attached hydrogen (secondary N) is 1. The number of benzene rings is 1. The van der Waals surface area contributed by atoms with Gasteiger partial charge >= 0.3 is 12.1 Å². The van der Waals surface area contributed by atoms with Crippen molar-refractivity contribution in [2.24, 2.45) is 0 Å². The molecule has 25 heavy (non-hydrogen) atoms. The smallest absolute Gasteiger partial charge is 0.416 e. The molecule has 1 aromatic carbocycles. The molecule has 1 unspecified atom stereocenters. The normalized spacial score (nSPS) is 12.5. The molecule has 0 aliphatic carbocycles. The summed E-state index contributed by atoms with van der Waals surface area (Å²) in [5.41, 5.74) is -1.77. The number of alkyl halides is 3. The predicted octanol–water partition coefficient (Wildman–Crippen LogP) is 3.34. The number of hydrogen-bond acceptors (Lipinski definition) is 4. The molecule has 1 aromatic heterocycles. The number of aromatic nitrogens is 2. The Kier molecular flexibility index (Phi) is 5.27. The minimum atomic E-state index is -4.66. The van der Waals surface area contributed by atoms with Crippen LogP contribution in [-0.2, 0) is 6.18 Å². The Hall–Kier alpha value is -2.68. The van der Waals surface area contributed by atoms with Crippen LogP contribution in [0.25, 0.3) is 0 Å². The monoisotopic (exact) mass is 373 g/mol. The van der Waals surface area contributed by atoms with E-state index in [-0.39, 0.29) is 22.0 Å². The predicted molar refractivity (Wildman–Crippen MR) is 81.3 cm³/mol. The fourth-order valence-electron chi connectivity index (χ4n) is 2.06. The van der Waals surface area contributed by atoms with Crippen LogP contribution in [0.15, 0.2) is 30.6 Å². The first-order valence-corrected chi connectivity index (χ1v) is 7.20. The number of amides is 1. The second-order valence-electron chi connectivity index (χ2n) is 5.02. The maximum atomic E-state index is 12.8. The lowest BCUT2D eigenvalue weighted by Gasteiger charge is -2.15. The molecule has 0 spiro atoms. The zero-order chi connectivity index (χ0) is 18.8. The molecule has 0 radical (unpaired) electrons. The Morgan fingerprint density at radius 1 is 1.20 bits per heavy atom. The van der Waals surface area contributed by atoms with Gasteiger partial charge in [-0.3, -0.25) is 9.78 Å². The van der Waals surface area contributed by atoms with E-state index in [1.54, 1.807) is 0 Å². The van der Waals surface area contributed by atoms with Gasteiger partial charge in [0.05, 0.1) is 17.3 Å². The highest BCUT2D eigenvalue weighted by Gasteiger charge is 2.32. The van der Waals surface area contributed by atoms with Crippen molar-refractivity contribution in [1.29, 1.82) is 0 Å². The molecule has 2 aromatic rings. The first-order chi connectivity index (χ1) is 11.6. The van der Waals surface area contributed by atoms with Crippen LogP contribution in [0, 0.1) is 0 Å². The molecule has 0 bridgehead atoms. The maximum Gasteiger partial charge on any atom is 0.416 e. The van der Waals surface area contributed by atoms with Gasteiger partial charge in [-0.05, 0) is 25.1 Å². The van der Waals surface area contributed by atoms with E-state index in [4.69, 9.17) is 16.7 Å². The van der Waals surface area contributed by atoms with Gasteiger partial charge in [0.1, 0.15) is 0 Å². The average Bonchev–Trinajstić information content (AvgIpc) is 2.53. The molecule has 1 heterocycles. The van der Waals surface area contributed by atoms with Gasteiger partial charge in [0.25, 0.3) is 5.91 Å². The van der Waals surface area contributed by atoms with E-state index < -0.39 is 29.7 Å². The molecule has 2 N–H and O–H groups in total. The van der Waals surface area contributed by atoms with Crippen LogP contribution in [0.2, 0.25) is 5.02 Å². The van der Waals surface area contributed by atoms with E-state index in [9.17, 15) is 22.8 Å². The lowest BCUT2D eigenvalue weighted by atomic mass is 10.1. The van der Waals surface area contributed by atoms with Crippen molar-refractivity contribution in [2.75, 3.05) is 0 Å². The Morgan fingerprint density at radius 3 is 2.44 bits per heavy atom. The molecular weight excluding hydrogens is 363 g/mol. The maximum absolute atomic E-state index is 12.8. The van der Waals surface area contributed by atoms with Gasteiger partial charge in [-0.2, -0.15) is 13.2 Å². The summed E-state index contributed by atoms with van der Waals surface area (Å²) in [5, 5.41) is 11.2. The molecule has 132 valence electrons. The van der Waals surface area contributed by atoms with Gasteiger partial charge in [-0.15, -0.1) is 0 Å². The van der Waals surface area contributed by atoms with E-state index in [0.29, 0.717) is 12.1 Å². The third-order valence-electron chi connectivity index (χ3n) is 3.17. The fraction of sp³-hybridized carbons (Fsp3) is 0.200. The van der Waals surface area contributed by atoms with Crippen LogP contribution in [0.3, 0.4) is 0 Å². The zero-order valence-electron chi connectivity index (χ0n) is 12.6. The van der Waals surface area contributed by atoms with E-state index in [1.807, 2.05) is 0 Å². The number of rotatable bonds is 4. The molecule has 0 saturated carbocycles. The second-order valence-corrected chi connectivity index (χ2v) is 5.45. The lowest BCUT2D eigenvalue weighted by molar-refractivity contribution is -0.137. The molecule has 10 heteroatoms. The summed E-state index contributed by atoms with van der Waals surface area (Å²) in [7, 11) is 0. The standard InChI is InChI=1S/C15H11ClF3N3O3/c1-7(11-12(14(24)25)21-3-2-20-11)22-13(23)8-4-9(15(17,18)19)6-10(16)5-8/h2-7H,1H3,(H,22,23)(H,24,25). The Balaban J connectivity index is 2.29. The fourth-order valence-corrected chi connectivity index (χ4v) is 2.30. The number of nitrogens with zero attached hydrogens (tertiary/aromatic N) is 2. The average molecular weight is 374 g/mol. The van der Waals surface area contributed by atoms with E-state index in [0.717, 1.165) is 6.07 Å². The Labute approximate surface area is 144 Å². The molecular formula is C15H11ClF3N3O3. The van der Waals surface area contributed by atoms with E-state index in [2.05, 4.69) is 15.3 Å². The SMILES string of the molecule is CC(NC(=O)c1cc(Cl)cc(C(F)(F)F)c1)c1nccnc1C(=O)O. The summed E-state index contributed by atoms with van der Waals surface area (Å²) in [6.07, 6.45) is -2.24. The van der Waals surface area contributed by atoms with Crippen molar-refractivity contribution in [3.63, 3.8) is 0 Å². The largest absolute Gasteiger partial charge is 0.476 e. The third kappa shape index (κ3) is 4.44. The van der Waals surface area contributed by atoms with Crippen molar-refractivity contribution in [3.8, 4) is 0 Å². The molecule has 0 fully saturated rings. The Morgan fingerprint density at radius 2 is 1.84 bits per heavy atom. The summed E-state index contributed by atoms with van der Waals surface area (Å²) in [5.74, 6) is -2.20. The quantitative estimate of drug-likeness (QED) is 0.857. The van der Waals surface area contributed by atoms with Gasteiger partial charge in [-0.25, -0.2) is 9.78 Å². The molecule has 6 nitrogen and oxygen atoms in total. The molecule has 1 amide bonds. The van der Waals surface area contributed by atoms with Crippen molar-refractivity contribution in [1.82, 2.24) is 15.3 Å². The number of halogens is 4. The van der Waals surface area contributed by atoms with Crippen LogP contribution >= 0.6 is 11.6 Å². The first-order valence-electron chi connectivity index (χ1n) is 6.82. The lowest BCUT2D eigenvalue weighted by Crippen LogP contribution is -2.29. The molecule has 0 saturated heterocycles. The molecule has 2 rings (SSSR count). The van der Waals surface area contributed by atoms with Crippen LogP contribution in [0.1, 0.15) is 45.1 Å². The minimum absolute atomic E-state index is 0.0265. The summed E-state index contributed by atoms with van der Waals surface area (Å²) >= 11 is 5.64. The van der Waals surface area contributed by atoms with Crippen LogP contribution in [0.4, 0.5) is 13.2 Å². The van der Waals surface area contributed by atoms with E-state index in [1.165, 1.54) is 19.3 Å². The number of hydrogen-bond donors (Lipinski definition) is 2. The van der Waals surface area contributed by atoms with Crippen LogP contribution < -0.4 is 5.32 Å². The van der Waals surface area contributed by atoms with Gasteiger partial charge in [-0.1, -0.05) is 11.6 Å². The number of carboxylic acid groups (broad SMARTS) is 1. The topological polar surface area (TPSA) is 92.2 Å². The minimum Gasteiger partial charge on any atom is -0.476 e. The molecule has 1 atom stereocenters. The van der Waals surface area contributed by atoms with Gasteiger partial charge in [0.2, 0.25) is 0 Å². The highest BCUT2D eigenvalue weighted by atomic mass is 35.5. The number of carbonyl (C=O) groups is 2. The zero-order valence-corrected chi connectivity index (χ0v) is 13.4. The third-order valence-corrected chi connectivity index (χ3v) is 3.39. The van der Waals surface area contributed by atoms with Crippen molar-refractivity contribution >= 4 is 23.5 Å². The number of carboxylic acids is 1. The second kappa shape index (κ2) is 7.06. The van der Waals surface area contributed by atoms with Gasteiger partial charge < -0.3 is 10.4 Å². The molecule has 0 aliphatic heterocycles. The van der Waals surface area contributed by atoms with Crippen LogP contribution in [-0.4, -0.2) is 27.0 Å². The van der Waals surface area contributed by atoms with E-state index >= 15 is 0 Å². The highest BCUT2D eigenvalue weighted by Crippen LogP contribution is 2.32. The van der Waals surface area contributed by atoms with Gasteiger partial charge in [0, 0.05) is 23.0 Å². The van der Waals surface area contributed by atoms with Gasteiger partial charge in [0.15, 0.2) is 5.69 Å². The van der Waals surface area contributed by atoms with Crippen molar-refractivity contribution < 1.29 is 27.9 Å². The van der Waals surface area contributed by atoms with Crippen molar-refractivity contribution in [3.05, 3.63) is 58.1 Å². The Bertz CT molecular complexity index is 827.